The summed E-state index contributed by atoms with van der Waals surface area (Å²) < 4.78 is 23.5. The molecule has 4 N–H and O–H groups in total. The van der Waals surface area contributed by atoms with Crippen LogP contribution < -0.4 is 5.32 Å². The van der Waals surface area contributed by atoms with Crippen molar-refractivity contribution in [1.82, 2.24) is 5.32 Å². The summed E-state index contributed by atoms with van der Waals surface area (Å²) in [6.07, 6.45) is 43.1. The number of rotatable bonds is 38. The molecular weight excluding hydrogens is 711 g/mol. The standard InChI is InChI=1S/C45H83N2O7P/c1-6-8-10-12-14-16-17-18-19-20-21-23-25-29-33-37-44(49)43(41-54-55(51,52)53-40-39-47(3,4)5)46-45(50)38-34-30-26-28-32-36-42(48)35-31-27-24-22-15-13-11-9-7-2/h15,22,26-28,31-33,36-37,42-44,48-49H,6-14,16-21,23-25,29-30,34-35,38-41H2,1-5H3,(H-,46,50,51,52)/p+1/b22-15-,28-26+,31-27-,36-32-,37-33+/t42?,43-,44+/m0/s1. The van der Waals surface area contributed by atoms with E-state index in [0.29, 0.717) is 30.3 Å². The van der Waals surface area contributed by atoms with Crippen molar-refractivity contribution in [2.45, 2.75) is 180 Å². The Morgan fingerprint density at radius 2 is 1.22 bits per heavy atom. The van der Waals surface area contributed by atoms with Crippen LogP contribution >= 0.6 is 7.82 Å². The van der Waals surface area contributed by atoms with Crippen LogP contribution in [0.25, 0.3) is 0 Å². The predicted molar refractivity (Wildman–Crippen MR) is 232 cm³/mol. The second-order valence-electron chi connectivity index (χ2n) is 15.9. The summed E-state index contributed by atoms with van der Waals surface area (Å²) in [7, 11) is 1.48. The summed E-state index contributed by atoms with van der Waals surface area (Å²) in [5.41, 5.74) is 0. The van der Waals surface area contributed by atoms with Crippen LogP contribution in [-0.2, 0) is 18.4 Å². The molecule has 0 heterocycles. The van der Waals surface area contributed by atoms with E-state index >= 15 is 0 Å². The van der Waals surface area contributed by atoms with E-state index in [1.54, 1.807) is 12.2 Å². The molecule has 0 aliphatic rings. The Hall–Kier alpha value is -1.84. The van der Waals surface area contributed by atoms with Gasteiger partial charge in [0, 0.05) is 6.42 Å². The van der Waals surface area contributed by atoms with E-state index in [9.17, 15) is 24.5 Å². The number of unbranched alkanes of at least 4 members (excludes halogenated alkanes) is 17. The smallest absolute Gasteiger partial charge is 0.389 e. The quantitative estimate of drug-likeness (QED) is 0.0161. The number of allylic oxidation sites excluding steroid dienone is 7. The number of likely N-dealkylation sites (N-methyl/N-ethyl adjacent to an activating group) is 1. The molecule has 0 saturated carbocycles. The van der Waals surface area contributed by atoms with E-state index < -0.39 is 26.1 Å². The van der Waals surface area contributed by atoms with E-state index in [2.05, 4.69) is 37.4 Å². The van der Waals surface area contributed by atoms with Crippen molar-refractivity contribution in [3.63, 3.8) is 0 Å². The SMILES string of the molecule is CCCCC/C=C\C/C=C\CC(O)/C=C\C=C\CCCC(=O)N[C@@H](COP(=O)(O)OCC[N+](C)(C)C)[C@H](O)/C=C/CCCCCCCCCCCCCCC. The number of amides is 1. The van der Waals surface area contributed by atoms with Crippen molar-refractivity contribution in [3.8, 4) is 0 Å². The van der Waals surface area contributed by atoms with Crippen molar-refractivity contribution >= 4 is 13.7 Å². The second-order valence-corrected chi connectivity index (χ2v) is 17.4. The van der Waals surface area contributed by atoms with Gasteiger partial charge >= 0.3 is 7.82 Å². The van der Waals surface area contributed by atoms with Gasteiger partial charge in [-0.1, -0.05) is 164 Å². The molecule has 0 radical (unpaired) electrons. The molecule has 0 spiro atoms. The predicted octanol–water partition coefficient (Wildman–Crippen LogP) is 10.8. The van der Waals surface area contributed by atoms with Gasteiger partial charge in [-0.15, -0.1) is 0 Å². The molecular formula is C45H84N2O7P+. The fraction of sp³-hybridized carbons (Fsp3) is 0.756. The zero-order valence-corrected chi connectivity index (χ0v) is 36.7. The molecule has 10 heteroatoms. The number of aliphatic hydroxyl groups is 2. The van der Waals surface area contributed by atoms with Crippen molar-refractivity contribution in [2.75, 3.05) is 40.9 Å². The van der Waals surface area contributed by atoms with Crippen molar-refractivity contribution in [1.29, 1.82) is 0 Å². The molecule has 9 nitrogen and oxygen atoms in total. The summed E-state index contributed by atoms with van der Waals surface area (Å²) >= 11 is 0. The lowest BCUT2D eigenvalue weighted by atomic mass is 10.0. The number of phosphoric acid groups is 1. The van der Waals surface area contributed by atoms with E-state index in [1.165, 1.54) is 89.9 Å². The van der Waals surface area contributed by atoms with Crippen molar-refractivity contribution in [3.05, 3.63) is 60.8 Å². The van der Waals surface area contributed by atoms with Crippen LogP contribution in [0.2, 0.25) is 0 Å². The summed E-state index contributed by atoms with van der Waals surface area (Å²) in [6, 6.07) is -0.909. The fourth-order valence-electron chi connectivity index (χ4n) is 5.76. The summed E-state index contributed by atoms with van der Waals surface area (Å²) in [5.74, 6) is -0.279. The highest BCUT2D eigenvalue weighted by molar-refractivity contribution is 7.47. The van der Waals surface area contributed by atoms with Gasteiger partial charge in [0.15, 0.2) is 0 Å². The Bertz CT molecular complexity index is 1100. The van der Waals surface area contributed by atoms with Crippen LogP contribution in [0.5, 0.6) is 0 Å². The highest BCUT2D eigenvalue weighted by Crippen LogP contribution is 2.43. The number of phosphoric ester groups is 1. The zero-order valence-electron chi connectivity index (χ0n) is 35.8. The Labute approximate surface area is 337 Å². The molecule has 4 atom stereocenters. The maximum Gasteiger partial charge on any atom is 0.472 e. The molecule has 0 saturated heterocycles. The zero-order chi connectivity index (χ0) is 40.9. The lowest BCUT2D eigenvalue weighted by Crippen LogP contribution is -2.45. The van der Waals surface area contributed by atoms with Gasteiger partial charge in [0.05, 0.1) is 46.0 Å². The van der Waals surface area contributed by atoms with Gasteiger partial charge in [0.2, 0.25) is 5.91 Å². The normalized spacial score (nSPS) is 15.6. The van der Waals surface area contributed by atoms with Gasteiger partial charge in [-0.3, -0.25) is 13.8 Å². The molecule has 0 rings (SSSR count). The number of carbonyl (C=O) groups is 1. The molecule has 320 valence electrons. The summed E-state index contributed by atoms with van der Waals surface area (Å²) in [6.45, 7) is 4.64. The average Bonchev–Trinajstić information content (AvgIpc) is 3.13. The topological polar surface area (TPSA) is 125 Å². The lowest BCUT2D eigenvalue weighted by molar-refractivity contribution is -0.870. The highest BCUT2D eigenvalue weighted by atomic mass is 31.2. The average molecular weight is 796 g/mol. The maximum absolute atomic E-state index is 12.8. The largest absolute Gasteiger partial charge is 0.472 e. The Kier molecular flexibility index (Phi) is 35.3. The molecule has 55 heavy (non-hydrogen) atoms. The van der Waals surface area contributed by atoms with E-state index in [4.69, 9.17) is 9.05 Å². The number of aliphatic hydroxyl groups excluding tert-OH is 2. The number of carbonyl (C=O) groups excluding carboxylic acids is 1. The molecule has 0 aromatic heterocycles. The van der Waals surface area contributed by atoms with Crippen LogP contribution in [0.1, 0.15) is 162 Å². The molecule has 0 aliphatic heterocycles. The van der Waals surface area contributed by atoms with Crippen LogP contribution in [0.3, 0.4) is 0 Å². The third-order valence-electron chi connectivity index (χ3n) is 9.31. The van der Waals surface area contributed by atoms with E-state index in [1.807, 2.05) is 51.5 Å². The minimum atomic E-state index is -4.37. The summed E-state index contributed by atoms with van der Waals surface area (Å²) in [4.78, 5) is 23.1. The van der Waals surface area contributed by atoms with Gasteiger partial charge in [0.25, 0.3) is 0 Å². The number of hydrogen-bond donors (Lipinski definition) is 4. The van der Waals surface area contributed by atoms with Gasteiger partial charge < -0.3 is 24.9 Å². The monoisotopic (exact) mass is 796 g/mol. The Morgan fingerprint density at radius 1 is 0.673 bits per heavy atom. The van der Waals surface area contributed by atoms with Crippen LogP contribution in [0, 0.1) is 0 Å². The first-order valence-corrected chi connectivity index (χ1v) is 23.3. The third-order valence-corrected chi connectivity index (χ3v) is 10.3. The molecule has 0 fully saturated rings. The number of quaternary nitrogens is 1. The first kappa shape index (κ1) is 53.2. The minimum Gasteiger partial charge on any atom is -0.389 e. The van der Waals surface area contributed by atoms with Gasteiger partial charge in [0.1, 0.15) is 13.2 Å². The van der Waals surface area contributed by atoms with Gasteiger partial charge in [-0.05, 0) is 51.4 Å². The molecule has 0 bridgehead atoms. The maximum atomic E-state index is 12.8. The van der Waals surface area contributed by atoms with Crippen molar-refractivity contribution in [2.24, 2.45) is 0 Å². The number of nitrogens with one attached hydrogen (secondary N) is 1. The highest BCUT2D eigenvalue weighted by Gasteiger charge is 2.27. The second kappa shape index (κ2) is 36.5. The number of nitrogens with zero attached hydrogens (tertiary/aromatic N) is 1. The minimum absolute atomic E-state index is 0.0335. The van der Waals surface area contributed by atoms with Crippen LogP contribution in [0.15, 0.2) is 60.8 Å². The Morgan fingerprint density at radius 3 is 1.85 bits per heavy atom. The van der Waals surface area contributed by atoms with Crippen LogP contribution in [-0.4, -0.2) is 84.6 Å². The molecule has 1 amide bonds. The van der Waals surface area contributed by atoms with Gasteiger partial charge in [-0.25, -0.2) is 4.57 Å². The van der Waals surface area contributed by atoms with Crippen LogP contribution in [0.4, 0.5) is 0 Å². The first-order chi connectivity index (χ1) is 26.4. The van der Waals surface area contributed by atoms with E-state index in [-0.39, 0.29) is 25.5 Å². The molecule has 0 aromatic carbocycles. The third kappa shape index (κ3) is 38.8. The first-order valence-electron chi connectivity index (χ1n) is 21.8. The summed E-state index contributed by atoms with van der Waals surface area (Å²) in [5, 5.41) is 23.9. The molecule has 0 aromatic rings. The van der Waals surface area contributed by atoms with Gasteiger partial charge in [-0.2, -0.15) is 0 Å². The van der Waals surface area contributed by atoms with Crippen molar-refractivity contribution < 1.29 is 38.0 Å². The van der Waals surface area contributed by atoms with E-state index in [0.717, 1.165) is 32.1 Å². The molecule has 2 unspecified atom stereocenters. The fourth-order valence-corrected chi connectivity index (χ4v) is 6.49. The Balaban J connectivity index is 4.66. The number of hydrogen-bond acceptors (Lipinski definition) is 6. The lowest BCUT2D eigenvalue weighted by Gasteiger charge is -2.25. The molecule has 0 aliphatic carbocycles.